The van der Waals surface area contributed by atoms with E-state index >= 15 is 0 Å². The second-order valence-corrected chi connectivity index (χ2v) is 7.64. The average Bonchev–Trinajstić information content (AvgIpc) is 3.33. The number of fused-ring (bicyclic) bond motifs is 1. The van der Waals surface area contributed by atoms with Crippen molar-refractivity contribution in [3.05, 3.63) is 34.0 Å². The van der Waals surface area contributed by atoms with Gasteiger partial charge in [0.05, 0.1) is 12.2 Å². The van der Waals surface area contributed by atoms with E-state index in [4.69, 9.17) is 4.74 Å². The molecular formula is C17H22N4O2S. The molecule has 1 saturated heterocycles. The Morgan fingerprint density at radius 2 is 2.33 bits per heavy atom. The summed E-state index contributed by atoms with van der Waals surface area (Å²) >= 11 is 1.74. The van der Waals surface area contributed by atoms with Gasteiger partial charge in [0.15, 0.2) is 0 Å². The molecular weight excluding hydrogens is 324 g/mol. The molecule has 1 fully saturated rings. The Hall–Kier alpha value is -1.73. The molecule has 7 heteroatoms. The molecule has 1 aliphatic carbocycles. The summed E-state index contributed by atoms with van der Waals surface area (Å²) in [5.74, 6) is 0.146. The lowest BCUT2D eigenvalue weighted by Gasteiger charge is -2.17. The largest absolute Gasteiger partial charge is 0.368 e. The monoisotopic (exact) mass is 346 g/mol. The lowest BCUT2D eigenvalue weighted by atomic mass is 10.0. The number of hydrogen-bond acceptors (Lipinski definition) is 5. The van der Waals surface area contributed by atoms with E-state index in [1.165, 1.54) is 23.4 Å². The molecule has 1 N–H and O–H groups in total. The predicted molar refractivity (Wildman–Crippen MR) is 90.7 cm³/mol. The number of aromatic nitrogens is 3. The Morgan fingerprint density at radius 3 is 3.17 bits per heavy atom. The van der Waals surface area contributed by atoms with E-state index in [0.29, 0.717) is 13.2 Å². The van der Waals surface area contributed by atoms with Crippen LogP contribution in [-0.2, 0) is 35.5 Å². The minimum atomic E-state index is -0.385. The minimum absolute atomic E-state index is 0.0298. The first-order valence-electron chi connectivity index (χ1n) is 8.64. The molecule has 2 aliphatic rings. The molecule has 1 aliphatic heterocycles. The second kappa shape index (κ2) is 7.03. The van der Waals surface area contributed by atoms with E-state index in [9.17, 15) is 4.79 Å². The van der Waals surface area contributed by atoms with Gasteiger partial charge in [0.2, 0.25) is 5.91 Å². The van der Waals surface area contributed by atoms with E-state index in [0.717, 1.165) is 30.8 Å². The van der Waals surface area contributed by atoms with Crippen LogP contribution in [0.25, 0.3) is 0 Å². The SMILES string of the molecule is O=C(NCc1nc2c(s1)CCCC2)[C@@H]1OCC[C@@H]1Cn1cccn1. The summed E-state index contributed by atoms with van der Waals surface area (Å²) in [5.41, 5.74) is 1.24. The molecule has 0 saturated carbocycles. The fourth-order valence-electron chi connectivity index (χ4n) is 3.50. The number of ether oxygens (including phenoxy) is 1. The van der Waals surface area contributed by atoms with Crippen LogP contribution in [0.4, 0.5) is 0 Å². The summed E-state index contributed by atoms with van der Waals surface area (Å²) in [6, 6.07) is 1.90. The molecule has 0 aromatic carbocycles. The zero-order valence-electron chi connectivity index (χ0n) is 13.6. The highest BCUT2D eigenvalue weighted by molar-refractivity contribution is 7.11. The highest BCUT2D eigenvalue weighted by Gasteiger charge is 2.34. The highest BCUT2D eigenvalue weighted by atomic mass is 32.1. The molecule has 0 radical (unpaired) electrons. The third-order valence-electron chi connectivity index (χ3n) is 4.76. The number of hydrogen-bond donors (Lipinski definition) is 1. The molecule has 0 spiro atoms. The van der Waals surface area contributed by atoms with Crippen LogP contribution in [0.15, 0.2) is 18.5 Å². The second-order valence-electron chi connectivity index (χ2n) is 6.47. The number of amides is 1. The highest BCUT2D eigenvalue weighted by Crippen LogP contribution is 2.27. The van der Waals surface area contributed by atoms with Crippen LogP contribution >= 0.6 is 11.3 Å². The summed E-state index contributed by atoms with van der Waals surface area (Å²) < 4.78 is 7.55. The lowest BCUT2D eigenvalue weighted by molar-refractivity contribution is -0.132. The number of carbonyl (C=O) groups is 1. The molecule has 24 heavy (non-hydrogen) atoms. The minimum Gasteiger partial charge on any atom is -0.368 e. The van der Waals surface area contributed by atoms with Crippen molar-refractivity contribution in [3.63, 3.8) is 0 Å². The molecule has 0 unspecified atom stereocenters. The Kier molecular flexibility index (Phi) is 4.62. The van der Waals surface area contributed by atoms with Crippen molar-refractivity contribution in [2.24, 2.45) is 5.92 Å². The lowest BCUT2D eigenvalue weighted by Crippen LogP contribution is -2.38. The van der Waals surface area contributed by atoms with Gasteiger partial charge in [-0.05, 0) is 38.2 Å². The van der Waals surface area contributed by atoms with Gasteiger partial charge in [0.25, 0.3) is 0 Å². The van der Waals surface area contributed by atoms with Crippen LogP contribution in [0.2, 0.25) is 0 Å². The molecule has 128 valence electrons. The quantitative estimate of drug-likeness (QED) is 0.898. The van der Waals surface area contributed by atoms with Crippen molar-refractivity contribution in [2.45, 2.75) is 51.3 Å². The third kappa shape index (κ3) is 3.37. The first-order chi connectivity index (χ1) is 11.8. The summed E-state index contributed by atoms with van der Waals surface area (Å²) in [7, 11) is 0. The van der Waals surface area contributed by atoms with E-state index in [1.54, 1.807) is 17.5 Å². The van der Waals surface area contributed by atoms with Crippen LogP contribution in [0, 0.1) is 5.92 Å². The Labute approximate surface area is 145 Å². The van der Waals surface area contributed by atoms with E-state index in [-0.39, 0.29) is 17.9 Å². The number of carbonyl (C=O) groups excluding carboxylic acids is 1. The van der Waals surface area contributed by atoms with Crippen LogP contribution in [-0.4, -0.2) is 33.4 Å². The third-order valence-corrected chi connectivity index (χ3v) is 5.91. The summed E-state index contributed by atoms with van der Waals surface area (Å²) in [4.78, 5) is 18.6. The molecule has 1 amide bonds. The molecule has 2 aromatic rings. The zero-order chi connectivity index (χ0) is 16.4. The molecule has 0 bridgehead atoms. The number of rotatable bonds is 5. The van der Waals surface area contributed by atoms with Gasteiger partial charge < -0.3 is 10.1 Å². The van der Waals surface area contributed by atoms with Crippen LogP contribution < -0.4 is 5.32 Å². The zero-order valence-corrected chi connectivity index (χ0v) is 14.4. The van der Waals surface area contributed by atoms with Gasteiger partial charge in [-0.15, -0.1) is 11.3 Å². The van der Waals surface area contributed by atoms with Gasteiger partial charge in [0.1, 0.15) is 11.1 Å². The van der Waals surface area contributed by atoms with Gasteiger partial charge in [0, 0.05) is 36.3 Å². The maximum atomic E-state index is 12.5. The fraction of sp³-hybridized carbons (Fsp3) is 0.588. The maximum absolute atomic E-state index is 12.5. The molecule has 6 nitrogen and oxygen atoms in total. The van der Waals surface area contributed by atoms with Gasteiger partial charge in [-0.1, -0.05) is 0 Å². The van der Waals surface area contributed by atoms with E-state index < -0.39 is 0 Å². The van der Waals surface area contributed by atoms with Gasteiger partial charge >= 0.3 is 0 Å². The van der Waals surface area contributed by atoms with E-state index in [1.807, 2.05) is 16.9 Å². The number of thiazole rings is 1. The Bertz CT molecular complexity index is 674. The predicted octanol–water partition coefficient (Wildman–Crippen LogP) is 1.94. The number of nitrogens with one attached hydrogen (secondary N) is 1. The normalized spacial score (nSPS) is 23.2. The number of aryl methyl sites for hydroxylation is 2. The van der Waals surface area contributed by atoms with Crippen molar-refractivity contribution in [1.82, 2.24) is 20.1 Å². The Balaban J connectivity index is 1.34. The smallest absolute Gasteiger partial charge is 0.249 e. The standard InChI is InChI=1S/C17H22N4O2S/c22-17(16-12(6-9-23-16)11-21-8-3-7-19-21)18-10-15-20-13-4-1-2-5-14(13)24-15/h3,7-8,12,16H,1-2,4-6,9-11H2,(H,18,22)/t12-,16-/m1/s1. The van der Waals surface area contributed by atoms with Crippen LogP contribution in [0.3, 0.4) is 0 Å². The van der Waals surface area contributed by atoms with Gasteiger partial charge in [-0.3, -0.25) is 9.48 Å². The van der Waals surface area contributed by atoms with Crippen molar-refractivity contribution in [1.29, 1.82) is 0 Å². The van der Waals surface area contributed by atoms with Crippen molar-refractivity contribution in [2.75, 3.05) is 6.61 Å². The first kappa shape index (κ1) is 15.8. The topological polar surface area (TPSA) is 69.0 Å². The van der Waals surface area contributed by atoms with Gasteiger partial charge in [-0.2, -0.15) is 5.10 Å². The number of nitrogens with zero attached hydrogens (tertiary/aromatic N) is 3. The fourth-order valence-corrected chi connectivity index (χ4v) is 4.60. The molecule has 2 aromatic heterocycles. The van der Waals surface area contributed by atoms with Crippen molar-refractivity contribution < 1.29 is 9.53 Å². The molecule has 3 heterocycles. The van der Waals surface area contributed by atoms with Crippen LogP contribution in [0.1, 0.15) is 34.8 Å². The van der Waals surface area contributed by atoms with Crippen molar-refractivity contribution in [3.8, 4) is 0 Å². The summed E-state index contributed by atoms with van der Waals surface area (Å²) in [6.07, 6.45) is 8.89. The summed E-state index contributed by atoms with van der Waals surface area (Å²) in [6.45, 7) is 1.86. The van der Waals surface area contributed by atoms with Gasteiger partial charge in [-0.25, -0.2) is 4.98 Å². The van der Waals surface area contributed by atoms with E-state index in [2.05, 4.69) is 15.4 Å². The Morgan fingerprint density at radius 1 is 1.42 bits per heavy atom. The first-order valence-corrected chi connectivity index (χ1v) is 9.45. The summed E-state index contributed by atoms with van der Waals surface area (Å²) in [5, 5.41) is 8.25. The van der Waals surface area contributed by atoms with Crippen molar-refractivity contribution >= 4 is 17.2 Å². The van der Waals surface area contributed by atoms with Crippen LogP contribution in [0.5, 0.6) is 0 Å². The average molecular weight is 346 g/mol. The molecule has 4 rings (SSSR count). The maximum Gasteiger partial charge on any atom is 0.249 e. The molecule has 2 atom stereocenters.